The van der Waals surface area contributed by atoms with Gasteiger partial charge in [-0.1, -0.05) is 16.8 Å². The third-order valence-electron chi connectivity index (χ3n) is 4.18. The first kappa shape index (κ1) is 15.2. The van der Waals surface area contributed by atoms with E-state index >= 15 is 0 Å². The van der Waals surface area contributed by atoms with Crippen LogP contribution in [0, 0.1) is 13.8 Å². The minimum atomic E-state index is -0.172. The van der Waals surface area contributed by atoms with Crippen LogP contribution in [0.1, 0.15) is 40.3 Å². The molecule has 1 atom stereocenters. The van der Waals surface area contributed by atoms with E-state index in [1.54, 1.807) is 18.0 Å². The van der Waals surface area contributed by atoms with Crippen molar-refractivity contribution < 1.29 is 9.32 Å². The third kappa shape index (κ3) is 2.82. The van der Waals surface area contributed by atoms with Crippen molar-refractivity contribution in [2.24, 2.45) is 0 Å². The fraction of sp³-hybridized carbons (Fsp3) is 0.278. The molecule has 1 amide bonds. The summed E-state index contributed by atoms with van der Waals surface area (Å²) in [5.74, 6) is -0.0751. The monoisotopic (exact) mass is 309 g/mol. The summed E-state index contributed by atoms with van der Waals surface area (Å²) >= 11 is 0. The van der Waals surface area contributed by atoms with Crippen molar-refractivity contribution in [2.75, 3.05) is 7.05 Å². The van der Waals surface area contributed by atoms with Gasteiger partial charge in [0.15, 0.2) is 0 Å². The molecular weight excluding hydrogens is 290 g/mol. The van der Waals surface area contributed by atoms with Gasteiger partial charge in [-0.15, -0.1) is 0 Å². The van der Waals surface area contributed by atoms with Crippen molar-refractivity contribution in [3.05, 3.63) is 59.1 Å². The number of rotatable bonds is 3. The van der Waals surface area contributed by atoms with Crippen LogP contribution in [0.4, 0.5) is 0 Å². The van der Waals surface area contributed by atoms with Crippen molar-refractivity contribution in [2.45, 2.75) is 26.8 Å². The SMILES string of the molecule is Cc1ccc2nc(C)c(C(=O)N(C)[C@H](C)c3ccon3)cc2c1. The average Bonchev–Trinajstić information content (AvgIpc) is 3.07. The first-order chi connectivity index (χ1) is 11.0. The normalized spacial score (nSPS) is 12.3. The molecule has 0 aliphatic heterocycles. The Morgan fingerprint density at radius 1 is 1.22 bits per heavy atom. The number of pyridine rings is 1. The molecule has 2 aromatic heterocycles. The molecule has 0 aliphatic rings. The Balaban J connectivity index is 1.98. The largest absolute Gasteiger partial charge is 0.364 e. The highest BCUT2D eigenvalue weighted by Crippen LogP contribution is 2.23. The highest BCUT2D eigenvalue weighted by Gasteiger charge is 2.22. The number of benzene rings is 1. The molecule has 0 unspecified atom stereocenters. The lowest BCUT2D eigenvalue weighted by atomic mass is 10.1. The Labute approximate surface area is 134 Å². The Morgan fingerprint density at radius 3 is 2.70 bits per heavy atom. The zero-order chi connectivity index (χ0) is 16.6. The van der Waals surface area contributed by atoms with Gasteiger partial charge in [0.25, 0.3) is 5.91 Å². The molecule has 0 radical (unpaired) electrons. The summed E-state index contributed by atoms with van der Waals surface area (Å²) in [6, 6.07) is 9.55. The number of fused-ring (bicyclic) bond motifs is 1. The van der Waals surface area contributed by atoms with E-state index in [1.165, 1.54) is 6.26 Å². The van der Waals surface area contributed by atoms with Crippen LogP contribution in [0.15, 0.2) is 41.1 Å². The first-order valence-corrected chi connectivity index (χ1v) is 7.53. The first-order valence-electron chi connectivity index (χ1n) is 7.53. The van der Waals surface area contributed by atoms with Gasteiger partial charge in [0.1, 0.15) is 12.0 Å². The molecule has 1 aromatic carbocycles. The van der Waals surface area contributed by atoms with Gasteiger partial charge < -0.3 is 9.42 Å². The summed E-state index contributed by atoms with van der Waals surface area (Å²) in [7, 11) is 1.77. The van der Waals surface area contributed by atoms with E-state index in [2.05, 4.69) is 10.1 Å². The van der Waals surface area contributed by atoms with Crippen LogP contribution >= 0.6 is 0 Å². The van der Waals surface area contributed by atoms with E-state index in [1.807, 2.05) is 45.0 Å². The van der Waals surface area contributed by atoms with Gasteiger partial charge in [-0.2, -0.15) is 0 Å². The maximum absolute atomic E-state index is 12.9. The van der Waals surface area contributed by atoms with E-state index in [0.29, 0.717) is 5.56 Å². The molecule has 0 bridgehead atoms. The highest BCUT2D eigenvalue weighted by molar-refractivity contribution is 5.98. The second kappa shape index (κ2) is 5.83. The van der Waals surface area contributed by atoms with Gasteiger partial charge in [0.2, 0.25) is 0 Å². The summed E-state index contributed by atoms with van der Waals surface area (Å²) in [6.45, 7) is 5.81. The minimum Gasteiger partial charge on any atom is -0.364 e. The van der Waals surface area contributed by atoms with Crippen molar-refractivity contribution in [3.8, 4) is 0 Å². The van der Waals surface area contributed by atoms with Gasteiger partial charge in [0.05, 0.1) is 22.8 Å². The van der Waals surface area contributed by atoms with E-state index < -0.39 is 0 Å². The molecule has 0 aliphatic carbocycles. The van der Waals surface area contributed by atoms with Gasteiger partial charge in [-0.25, -0.2) is 0 Å². The number of carbonyl (C=O) groups is 1. The van der Waals surface area contributed by atoms with Crippen molar-refractivity contribution in [3.63, 3.8) is 0 Å². The van der Waals surface area contributed by atoms with Crippen molar-refractivity contribution >= 4 is 16.8 Å². The molecule has 2 heterocycles. The summed E-state index contributed by atoms with van der Waals surface area (Å²) in [5, 5.41) is 4.89. The zero-order valence-corrected chi connectivity index (χ0v) is 13.7. The van der Waals surface area contributed by atoms with Crippen molar-refractivity contribution in [1.29, 1.82) is 0 Å². The summed E-state index contributed by atoms with van der Waals surface area (Å²) < 4.78 is 4.87. The molecule has 5 heteroatoms. The average molecular weight is 309 g/mol. The number of nitrogens with zero attached hydrogens (tertiary/aromatic N) is 3. The van der Waals surface area contributed by atoms with Crippen LogP contribution in [-0.4, -0.2) is 28.0 Å². The van der Waals surface area contributed by atoms with E-state index in [0.717, 1.165) is 27.9 Å². The summed E-state index contributed by atoms with van der Waals surface area (Å²) in [6.07, 6.45) is 1.51. The minimum absolute atomic E-state index is 0.0751. The third-order valence-corrected chi connectivity index (χ3v) is 4.18. The lowest BCUT2D eigenvalue weighted by Crippen LogP contribution is -2.30. The molecule has 0 fully saturated rings. The number of carbonyl (C=O) groups excluding carboxylic acids is 1. The Kier molecular flexibility index (Phi) is 3.86. The zero-order valence-electron chi connectivity index (χ0n) is 13.7. The Morgan fingerprint density at radius 2 is 2.00 bits per heavy atom. The molecule has 0 saturated heterocycles. The molecule has 5 nitrogen and oxygen atoms in total. The van der Waals surface area contributed by atoms with Gasteiger partial charge in [-0.3, -0.25) is 9.78 Å². The second-order valence-corrected chi connectivity index (χ2v) is 5.83. The van der Waals surface area contributed by atoms with Gasteiger partial charge in [0, 0.05) is 18.5 Å². The predicted molar refractivity (Wildman–Crippen MR) is 88.2 cm³/mol. The summed E-state index contributed by atoms with van der Waals surface area (Å²) in [4.78, 5) is 19.1. The maximum atomic E-state index is 12.9. The molecule has 23 heavy (non-hydrogen) atoms. The molecule has 0 N–H and O–H groups in total. The molecule has 0 saturated carbocycles. The van der Waals surface area contributed by atoms with Crippen molar-refractivity contribution in [1.82, 2.24) is 15.0 Å². The summed E-state index contributed by atoms with van der Waals surface area (Å²) in [5.41, 5.74) is 4.11. The van der Waals surface area contributed by atoms with Crippen LogP contribution in [0.5, 0.6) is 0 Å². The fourth-order valence-electron chi connectivity index (χ4n) is 2.61. The quantitative estimate of drug-likeness (QED) is 0.740. The standard InChI is InChI=1S/C18H19N3O2/c1-11-5-6-17-14(9-11)10-15(12(2)19-17)18(22)21(4)13(3)16-7-8-23-20-16/h5-10,13H,1-4H3/t13-/m1/s1. The predicted octanol–water partition coefficient (Wildman–Crippen LogP) is 3.67. The number of aryl methyl sites for hydroxylation is 2. The topological polar surface area (TPSA) is 59.2 Å². The lowest BCUT2D eigenvalue weighted by molar-refractivity contribution is 0.0736. The van der Waals surface area contributed by atoms with Crippen LogP contribution in [0.25, 0.3) is 10.9 Å². The number of hydrogen-bond donors (Lipinski definition) is 0. The molecule has 118 valence electrons. The number of aromatic nitrogens is 2. The Hall–Kier alpha value is -2.69. The van der Waals surface area contributed by atoms with E-state index in [4.69, 9.17) is 4.52 Å². The molecular formula is C18H19N3O2. The van der Waals surface area contributed by atoms with Crippen LogP contribution in [0.3, 0.4) is 0 Å². The Bertz CT molecular complexity index is 856. The second-order valence-electron chi connectivity index (χ2n) is 5.83. The van der Waals surface area contributed by atoms with Crippen LogP contribution in [0.2, 0.25) is 0 Å². The van der Waals surface area contributed by atoms with Crippen LogP contribution in [-0.2, 0) is 0 Å². The molecule has 3 aromatic rings. The molecule has 0 spiro atoms. The fourth-order valence-corrected chi connectivity index (χ4v) is 2.61. The van der Waals surface area contributed by atoms with Crippen LogP contribution < -0.4 is 0 Å². The maximum Gasteiger partial charge on any atom is 0.256 e. The highest BCUT2D eigenvalue weighted by atomic mass is 16.5. The lowest BCUT2D eigenvalue weighted by Gasteiger charge is -2.24. The van der Waals surface area contributed by atoms with E-state index in [-0.39, 0.29) is 11.9 Å². The smallest absolute Gasteiger partial charge is 0.256 e. The number of amides is 1. The molecule has 3 rings (SSSR count). The van der Waals surface area contributed by atoms with Gasteiger partial charge >= 0.3 is 0 Å². The van der Waals surface area contributed by atoms with E-state index in [9.17, 15) is 4.79 Å². The van der Waals surface area contributed by atoms with Gasteiger partial charge in [-0.05, 0) is 39.0 Å². The number of hydrogen-bond acceptors (Lipinski definition) is 4.